The first-order valence-corrected chi connectivity index (χ1v) is 11.9. The molecule has 31 heavy (non-hydrogen) atoms. The van der Waals surface area contributed by atoms with Crippen molar-refractivity contribution in [1.29, 1.82) is 0 Å². The van der Waals surface area contributed by atoms with Gasteiger partial charge in [-0.15, -0.1) is 11.3 Å². The zero-order chi connectivity index (χ0) is 21.6. The molecular formula is C23H31FN4O2S. The van der Waals surface area contributed by atoms with Crippen LogP contribution in [-0.4, -0.2) is 66.6 Å². The Morgan fingerprint density at radius 1 is 1.23 bits per heavy atom. The number of nitrogens with one attached hydrogen (secondary N) is 1. The monoisotopic (exact) mass is 446 g/mol. The van der Waals surface area contributed by atoms with E-state index in [-0.39, 0.29) is 23.7 Å². The minimum absolute atomic E-state index is 0.0291. The summed E-state index contributed by atoms with van der Waals surface area (Å²) < 4.78 is 18.9. The Labute approximate surface area is 187 Å². The molecule has 0 aliphatic carbocycles. The number of rotatable bonds is 7. The molecule has 1 N–H and O–H groups in total. The van der Waals surface area contributed by atoms with Gasteiger partial charge in [0.1, 0.15) is 5.82 Å². The van der Waals surface area contributed by atoms with E-state index in [1.165, 1.54) is 12.1 Å². The largest absolute Gasteiger partial charge is 0.379 e. The van der Waals surface area contributed by atoms with Crippen molar-refractivity contribution in [2.45, 2.75) is 32.4 Å². The number of halogens is 1. The smallest absolute Gasteiger partial charge is 0.223 e. The second-order valence-electron chi connectivity index (χ2n) is 8.37. The number of thiazole rings is 1. The molecule has 2 fully saturated rings. The molecule has 2 saturated heterocycles. The number of carbonyl (C=O) groups excluding carboxylic acids is 1. The normalized spacial score (nSPS) is 19.9. The fraction of sp³-hybridized carbons (Fsp3) is 0.565. The topological polar surface area (TPSA) is 57.7 Å². The number of nitrogens with zero attached hydrogens (tertiary/aromatic N) is 3. The SMILES string of the molecule is Cc1nc(CN2CCC(C(=O)NCC(c3ccc(F)cc3)N3CCOCC3)CC2)cs1. The van der Waals surface area contributed by atoms with E-state index in [0.29, 0.717) is 19.8 Å². The van der Waals surface area contributed by atoms with Crippen LogP contribution in [-0.2, 0) is 16.1 Å². The quantitative estimate of drug-likeness (QED) is 0.709. The molecule has 2 aromatic rings. The summed E-state index contributed by atoms with van der Waals surface area (Å²) in [5, 5.41) is 6.40. The molecular weight excluding hydrogens is 415 g/mol. The first-order chi connectivity index (χ1) is 15.1. The molecule has 2 aliphatic heterocycles. The van der Waals surface area contributed by atoms with Crippen LogP contribution in [0.25, 0.3) is 0 Å². The van der Waals surface area contributed by atoms with Gasteiger partial charge in [0, 0.05) is 37.5 Å². The first kappa shape index (κ1) is 22.3. The van der Waals surface area contributed by atoms with E-state index in [4.69, 9.17) is 4.74 Å². The van der Waals surface area contributed by atoms with E-state index in [2.05, 4.69) is 25.5 Å². The molecule has 8 heteroatoms. The highest BCUT2D eigenvalue weighted by Crippen LogP contribution is 2.23. The van der Waals surface area contributed by atoms with Gasteiger partial charge < -0.3 is 10.1 Å². The molecule has 4 rings (SSSR count). The third-order valence-electron chi connectivity index (χ3n) is 6.22. The number of ether oxygens (including phenoxy) is 1. The molecule has 6 nitrogen and oxygen atoms in total. The second-order valence-corrected chi connectivity index (χ2v) is 9.43. The lowest BCUT2D eigenvalue weighted by Gasteiger charge is -2.35. The maximum absolute atomic E-state index is 13.4. The molecule has 0 spiro atoms. The number of aromatic nitrogens is 1. The molecule has 168 valence electrons. The zero-order valence-corrected chi connectivity index (χ0v) is 18.9. The number of aryl methyl sites for hydroxylation is 1. The Balaban J connectivity index is 1.30. The molecule has 1 aromatic heterocycles. The van der Waals surface area contributed by atoms with Crippen LogP contribution in [0.15, 0.2) is 29.6 Å². The van der Waals surface area contributed by atoms with Crippen molar-refractivity contribution in [3.05, 3.63) is 51.7 Å². The summed E-state index contributed by atoms with van der Waals surface area (Å²) in [5.41, 5.74) is 2.15. The number of hydrogen-bond donors (Lipinski definition) is 1. The van der Waals surface area contributed by atoms with Gasteiger partial charge in [0.15, 0.2) is 0 Å². The van der Waals surface area contributed by atoms with Crippen LogP contribution in [0.3, 0.4) is 0 Å². The highest BCUT2D eigenvalue weighted by atomic mass is 32.1. The molecule has 0 saturated carbocycles. The Bertz CT molecular complexity index is 846. The van der Waals surface area contributed by atoms with Gasteiger partial charge in [-0.25, -0.2) is 9.37 Å². The number of amides is 1. The Morgan fingerprint density at radius 3 is 2.58 bits per heavy atom. The van der Waals surface area contributed by atoms with Crippen molar-refractivity contribution >= 4 is 17.2 Å². The third-order valence-corrected chi connectivity index (χ3v) is 7.04. The van der Waals surface area contributed by atoms with Crippen molar-refractivity contribution in [3.63, 3.8) is 0 Å². The highest BCUT2D eigenvalue weighted by Gasteiger charge is 2.28. The highest BCUT2D eigenvalue weighted by molar-refractivity contribution is 7.09. The van der Waals surface area contributed by atoms with Gasteiger partial charge in [0.05, 0.1) is 30.0 Å². The standard InChI is InChI=1S/C23H31FN4O2S/c1-17-26-21(16-31-17)15-27-8-6-19(7-9-27)23(29)25-14-22(28-10-12-30-13-11-28)18-2-4-20(24)5-3-18/h2-5,16,19,22H,6-15H2,1H3,(H,25,29). The average Bonchev–Trinajstić information content (AvgIpc) is 3.20. The summed E-state index contributed by atoms with van der Waals surface area (Å²) in [4.78, 5) is 22.1. The maximum Gasteiger partial charge on any atom is 0.223 e. The minimum atomic E-state index is -0.243. The molecule has 0 radical (unpaired) electrons. The molecule has 3 heterocycles. The van der Waals surface area contributed by atoms with Crippen molar-refractivity contribution in [2.24, 2.45) is 5.92 Å². The Kier molecular flexibility index (Phi) is 7.66. The number of hydrogen-bond acceptors (Lipinski definition) is 6. The predicted octanol–water partition coefficient (Wildman–Crippen LogP) is 2.99. The first-order valence-electron chi connectivity index (χ1n) is 11.1. The van der Waals surface area contributed by atoms with Gasteiger partial charge in [0.2, 0.25) is 5.91 Å². The van der Waals surface area contributed by atoms with Crippen molar-refractivity contribution in [1.82, 2.24) is 20.1 Å². The summed E-state index contributed by atoms with van der Waals surface area (Å²) in [6.45, 7) is 8.25. The Hall–Kier alpha value is -1.87. The molecule has 1 amide bonds. The van der Waals surface area contributed by atoms with E-state index in [9.17, 15) is 9.18 Å². The number of piperidine rings is 1. The van der Waals surface area contributed by atoms with E-state index in [0.717, 1.165) is 61.8 Å². The maximum atomic E-state index is 13.4. The van der Waals surface area contributed by atoms with Crippen molar-refractivity contribution < 1.29 is 13.9 Å². The number of carbonyl (C=O) groups is 1. The van der Waals surface area contributed by atoms with Crippen LogP contribution in [0, 0.1) is 18.7 Å². The van der Waals surface area contributed by atoms with Gasteiger partial charge in [-0.2, -0.15) is 0 Å². The lowest BCUT2D eigenvalue weighted by Crippen LogP contribution is -2.46. The van der Waals surface area contributed by atoms with Crippen molar-refractivity contribution in [3.8, 4) is 0 Å². The van der Waals surface area contributed by atoms with Crippen LogP contribution in [0.4, 0.5) is 4.39 Å². The lowest BCUT2D eigenvalue weighted by molar-refractivity contribution is -0.126. The van der Waals surface area contributed by atoms with Crippen molar-refractivity contribution in [2.75, 3.05) is 45.9 Å². The lowest BCUT2D eigenvalue weighted by atomic mass is 9.95. The molecule has 1 atom stereocenters. The van der Waals surface area contributed by atoms with Crippen LogP contribution >= 0.6 is 11.3 Å². The summed E-state index contributed by atoms with van der Waals surface area (Å²) in [5.74, 6) is -0.0652. The van der Waals surface area contributed by atoms with E-state index < -0.39 is 0 Å². The molecule has 0 bridgehead atoms. The predicted molar refractivity (Wildman–Crippen MR) is 119 cm³/mol. The summed E-state index contributed by atoms with van der Waals surface area (Å²) >= 11 is 1.68. The van der Waals surface area contributed by atoms with Gasteiger partial charge in [-0.1, -0.05) is 12.1 Å². The van der Waals surface area contributed by atoms with Crippen LogP contribution < -0.4 is 5.32 Å². The van der Waals surface area contributed by atoms with Crippen LogP contribution in [0.5, 0.6) is 0 Å². The fourth-order valence-electron chi connectivity index (χ4n) is 4.44. The van der Waals surface area contributed by atoms with E-state index in [1.54, 1.807) is 11.3 Å². The molecule has 1 aromatic carbocycles. The number of morpholine rings is 1. The van der Waals surface area contributed by atoms with Gasteiger partial charge in [-0.3, -0.25) is 14.6 Å². The molecule has 1 unspecified atom stereocenters. The van der Waals surface area contributed by atoms with Crippen LogP contribution in [0.2, 0.25) is 0 Å². The van der Waals surface area contributed by atoms with Gasteiger partial charge >= 0.3 is 0 Å². The second kappa shape index (κ2) is 10.6. The van der Waals surface area contributed by atoms with E-state index in [1.807, 2.05) is 19.1 Å². The average molecular weight is 447 g/mol. The van der Waals surface area contributed by atoms with Crippen LogP contribution in [0.1, 0.15) is 35.1 Å². The fourth-order valence-corrected chi connectivity index (χ4v) is 5.04. The third kappa shape index (κ3) is 6.10. The zero-order valence-electron chi connectivity index (χ0n) is 18.1. The number of benzene rings is 1. The minimum Gasteiger partial charge on any atom is -0.379 e. The van der Waals surface area contributed by atoms with E-state index >= 15 is 0 Å². The Morgan fingerprint density at radius 2 is 1.94 bits per heavy atom. The summed E-state index contributed by atoms with van der Waals surface area (Å²) in [7, 11) is 0. The summed E-state index contributed by atoms with van der Waals surface area (Å²) in [6.07, 6.45) is 1.74. The summed E-state index contributed by atoms with van der Waals surface area (Å²) in [6, 6.07) is 6.65. The van der Waals surface area contributed by atoms with Gasteiger partial charge in [-0.05, 0) is 50.6 Å². The van der Waals surface area contributed by atoms with Gasteiger partial charge in [0.25, 0.3) is 0 Å². The number of likely N-dealkylation sites (tertiary alicyclic amines) is 1. The molecule has 2 aliphatic rings.